The van der Waals surface area contributed by atoms with Gasteiger partial charge in [0, 0.05) is 21.2 Å². The highest BCUT2D eigenvalue weighted by Crippen LogP contribution is 2.48. The molecule has 1 unspecified atom stereocenters. The molecule has 12 heteroatoms. The van der Waals surface area contributed by atoms with Crippen molar-refractivity contribution in [2.75, 3.05) is 5.32 Å². The van der Waals surface area contributed by atoms with E-state index in [4.69, 9.17) is 39.6 Å². The summed E-state index contributed by atoms with van der Waals surface area (Å²) in [6, 6.07) is 8.12. The van der Waals surface area contributed by atoms with Crippen LogP contribution in [0.1, 0.15) is 27.0 Å². The van der Waals surface area contributed by atoms with Crippen molar-refractivity contribution in [3.8, 4) is 0 Å². The third-order valence-electron chi connectivity index (χ3n) is 5.01. The number of anilines is 1. The van der Waals surface area contributed by atoms with Gasteiger partial charge in [0.1, 0.15) is 0 Å². The molecule has 2 heterocycles. The van der Waals surface area contributed by atoms with Crippen molar-refractivity contribution in [2.45, 2.75) is 18.7 Å². The molecule has 0 aliphatic carbocycles. The van der Waals surface area contributed by atoms with Gasteiger partial charge < -0.3 is 0 Å². The van der Waals surface area contributed by atoms with E-state index in [2.05, 4.69) is 20.8 Å². The average molecular weight is 530 g/mol. The SMILES string of the molecule is Cc1cc(C2=CC(c3cc(Cl)cc(Cl)c3)(C(F)(F)F)ON2)ccc1C(=O)Nc1ncc(Cl)cn1. The summed E-state index contributed by atoms with van der Waals surface area (Å²) >= 11 is 17.6. The molecule has 1 amide bonds. The Labute approximate surface area is 206 Å². The molecule has 1 atom stereocenters. The van der Waals surface area contributed by atoms with E-state index in [1.54, 1.807) is 13.0 Å². The molecule has 2 N–H and O–H groups in total. The molecule has 0 spiro atoms. The molecule has 0 saturated carbocycles. The Morgan fingerprint density at radius 1 is 1.03 bits per heavy atom. The van der Waals surface area contributed by atoms with Crippen LogP contribution in [0.3, 0.4) is 0 Å². The molecule has 3 aromatic rings. The molecule has 0 saturated heterocycles. The van der Waals surface area contributed by atoms with Crippen LogP contribution in [0, 0.1) is 6.92 Å². The Bertz CT molecular complexity index is 1280. The quantitative estimate of drug-likeness (QED) is 0.413. The zero-order chi connectivity index (χ0) is 24.7. The highest BCUT2D eigenvalue weighted by Gasteiger charge is 2.59. The molecule has 0 bridgehead atoms. The molecule has 4 rings (SSSR count). The molecule has 0 radical (unpaired) electrons. The number of nitrogens with zero attached hydrogens (tertiary/aromatic N) is 2. The van der Waals surface area contributed by atoms with E-state index >= 15 is 0 Å². The molecule has 1 aliphatic heterocycles. The fourth-order valence-electron chi connectivity index (χ4n) is 3.39. The highest BCUT2D eigenvalue weighted by atomic mass is 35.5. The second kappa shape index (κ2) is 9.07. The van der Waals surface area contributed by atoms with E-state index in [-0.39, 0.29) is 32.8 Å². The Balaban J connectivity index is 1.66. The monoisotopic (exact) mass is 528 g/mol. The van der Waals surface area contributed by atoms with Gasteiger partial charge in [0.15, 0.2) is 0 Å². The van der Waals surface area contributed by atoms with E-state index in [1.807, 2.05) is 0 Å². The third kappa shape index (κ3) is 4.69. The first-order valence-corrected chi connectivity index (χ1v) is 10.7. The van der Waals surface area contributed by atoms with Gasteiger partial charge in [-0.25, -0.2) is 9.97 Å². The Morgan fingerprint density at radius 3 is 2.26 bits per heavy atom. The molecule has 0 fully saturated rings. The number of carbonyl (C=O) groups excluding carboxylic acids is 1. The lowest BCUT2D eigenvalue weighted by molar-refractivity contribution is -0.269. The summed E-state index contributed by atoms with van der Waals surface area (Å²) in [7, 11) is 0. The van der Waals surface area contributed by atoms with Crippen LogP contribution in [-0.2, 0) is 10.4 Å². The summed E-state index contributed by atoms with van der Waals surface area (Å²) in [5.41, 5.74) is 0.472. The zero-order valence-corrected chi connectivity index (χ0v) is 19.4. The predicted octanol–water partition coefficient (Wildman–Crippen LogP) is 6.33. The lowest BCUT2D eigenvalue weighted by Gasteiger charge is -2.28. The number of hydrogen-bond donors (Lipinski definition) is 2. The van der Waals surface area contributed by atoms with Crippen LogP contribution in [0.5, 0.6) is 0 Å². The molecule has 6 nitrogen and oxygen atoms in total. The van der Waals surface area contributed by atoms with E-state index in [9.17, 15) is 18.0 Å². The summed E-state index contributed by atoms with van der Waals surface area (Å²) in [6.45, 7) is 1.64. The topological polar surface area (TPSA) is 76.1 Å². The first-order valence-electron chi connectivity index (χ1n) is 9.58. The fourth-order valence-corrected chi connectivity index (χ4v) is 4.01. The standard InChI is InChI=1S/C22H14Cl3F3N4O2/c1-11-4-12(2-3-17(11)19(33)31-20-29-9-16(25)10-30-20)18-8-21(34-32-18,22(26,27)28)13-5-14(23)7-15(24)6-13/h2-10,32H,1H3,(H,29,30,31,33). The second-order valence-electron chi connectivity index (χ2n) is 7.36. The minimum atomic E-state index is -4.83. The lowest BCUT2D eigenvalue weighted by atomic mass is 9.91. The van der Waals surface area contributed by atoms with Gasteiger partial charge in [0.05, 0.1) is 23.1 Å². The molecule has 34 heavy (non-hydrogen) atoms. The number of halogens is 6. The maximum atomic E-state index is 14.2. The normalized spacial score (nSPS) is 17.8. The number of hydrogen-bond acceptors (Lipinski definition) is 5. The van der Waals surface area contributed by atoms with Crippen LogP contribution in [0.2, 0.25) is 15.1 Å². The maximum Gasteiger partial charge on any atom is 0.428 e. The maximum absolute atomic E-state index is 14.2. The van der Waals surface area contributed by atoms with Crippen molar-refractivity contribution in [3.05, 3.63) is 92.2 Å². The van der Waals surface area contributed by atoms with Gasteiger partial charge in [0.25, 0.3) is 5.91 Å². The van der Waals surface area contributed by atoms with Gasteiger partial charge in [0.2, 0.25) is 11.5 Å². The molecule has 2 aromatic carbocycles. The van der Waals surface area contributed by atoms with Crippen molar-refractivity contribution in [1.29, 1.82) is 0 Å². The van der Waals surface area contributed by atoms with Gasteiger partial charge in [-0.3, -0.25) is 20.4 Å². The van der Waals surface area contributed by atoms with Crippen molar-refractivity contribution in [2.24, 2.45) is 0 Å². The van der Waals surface area contributed by atoms with Crippen molar-refractivity contribution >= 4 is 52.4 Å². The minimum absolute atomic E-state index is 0.0347. The van der Waals surface area contributed by atoms with Gasteiger partial charge in [-0.1, -0.05) is 40.9 Å². The molecule has 1 aliphatic rings. The summed E-state index contributed by atoms with van der Waals surface area (Å²) in [4.78, 5) is 25.5. The highest BCUT2D eigenvalue weighted by molar-refractivity contribution is 6.34. The van der Waals surface area contributed by atoms with Crippen molar-refractivity contribution in [3.63, 3.8) is 0 Å². The van der Waals surface area contributed by atoms with Gasteiger partial charge in [-0.15, -0.1) is 0 Å². The smallest absolute Gasteiger partial charge is 0.290 e. The van der Waals surface area contributed by atoms with E-state index in [0.717, 1.165) is 18.2 Å². The first kappa shape index (κ1) is 24.3. The molecule has 176 valence electrons. The number of carbonyl (C=O) groups is 1. The number of benzene rings is 2. The summed E-state index contributed by atoms with van der Waals surface area (Å²) < 4.78 is 42.5. The number of aryl methyl sites for hydroxylation is 1. The second-order valence-corrected chi connectivity index (χ2v) is 8.67. The molecule has 1 aromatic heterocycles. The summed E-state index contributed by atoms with van der Waals surface area (Å²) in [6.07, 6.45) is -1.26. The summed E-state index contributed by atoms with van der Waals surface area (Å²) in [5.74, 6) is -0.434. The van der Waals surface area contributed by atoms with Crippen LogP contribution >= 0.6 is 34.8 Å². The fraction of sp³-hybridized carbons (Fsp3) is 0.136. The van der Waals surface area contributed by atoms with Crippen molar-refractivity contribution in [1.82, 2.24) is 15.4 Å². The average Bonchev–Trinajstić information content (AvgIpc) is 3.22. The molecular weight excluding hydrogens is 516 g/mol. The number of nitrogens with one attached hydrogen (secondary N) is 2. The lowest BCUT2D eigenvalue weighted by Crippen LogP contribution is -2.42. The van der Waals surface area contributed by atoms with Crippen LogP contribution in [0.15, 0.2) is 54.9 Å². The van der Waals surface area contributed by atoms with Crippen LogP contribution in [-0.4, -0.2) is 22.1 Å². The van der Waals surface area contributed by atoms with Gasteiger partial charge >= 0.3 is 6.18 Å². The van der Waals surface area contributed by atoms with E-state index in [1.165, 1.54) is 30.6 Å². The van der Waals surface area contributed by atoms with Crippen molar-refractivity contribution < 1.29 is 22.8 Å². The third-order valence-corrected chi connectivity index (χ3v) is 5.64. The van der Waals surface area contributed by atoms with Gasteiger partial charge in [-0.05, 0) is 54.5 Å². The van der Waals surface area contributed by atoms with Crippen LogP contribution < -0.4 is 10.8 Å². The minimum Gasteiger partial charge on any atom is -0.290 e. The van der Waals surface area contributed by atoms with Gasteiger partial charge in [-0.2, -0.15) is 13.2 Å². The Morgan fingerprint density at radius 2 is 1.68 bits per heavy atom. The van der Waals surface area contributed by atoms with Crippen LogP contribution in [0.25, 0.3) is 5.70 Å². The number of alkyl halides is 3. The number of hydroxylamine groups is 1. The Kier molecular flexibility index (Phi) is 6.48. The van der Waals surface area contributed by atoms with Crippen LogP contribution in [0.4, 0.5) is 19.1 Å². The largest absolute Gasteiger partial charge is 0.428 e. The molecular formula is C22H14Cl3F3N4O2. The predicted molar refractivity (Wildman–Crippen MR) is 123 cm³/mol. The summed E-state index contributed by atoms with van der Waals surface area (Å²) in [5, 5.41) is 2.91. The Hall–Kier alpha value is -2.85. The number of rotatable bonds is 4. The first-order chi connectivity index (χ1) is 16.0. The van der Waals surface area contributed by atoms with E-state index in [0.29, 0.717) is 16.1 Å². The number of aromatic nitrogens is 2. The van der Waals surface area contributed by atoms with E-state index < -0.39 is 17.7 Å². The number of amides is 1. The zero-order valence-electron chi connectivity index (χ0n) is 17.2.